The van der Waals surface area contributed by atoms with E-state index in [0.29, 0.717) is 16.8 Å². The lowest BCUT2D eigenvalue weighted by Gasteiger charge is -2.20. The molecule has 3 rings (SSSR count). The Labute approximate surface area is 168 Å². The molecule has 3 aromatic rings. The zero-order valence-electron chi connectivity index (χ0n) is 16.4. The van der Waals surface area contributed by atoms with Gasteiger partial charge in [0.2, 0.25) is 0 Å². The van der Waals surface area contributed by atoms with Crippen molar-refractivity contribution in [2.24, 2.45) is 0 Å². The summed E-state index contributed by atoms with van der Waals surface area (Å²) in [6, 6.07) is 14.2. The van der Waals surface area contributed by atoms with Gasteiger partial charge in [0.1, 0.15) is 5.01 Å². The van der Waals surface area contributed by atoms with Crippen molar-refractivity contribution in [1.82, 2.24) is 10.3 Å². The highest BCUT2D eigenvalue weighted by molar-refractivity contribution is 7.13. The third-order valence-corrected chi connectivity index (χ3v) is 4.92. The summed E-state index contributed by atoms with van der Waals surface area (Å²) in [5, 5.41) is 8.70. The first kappa shape index (κ1) is 19.8. The highest BCUT2D eigenvalue weighted by Crippen LogP contribution is 2.24. The third-order valence-electron chi connectivity index (χ3n) is 3.91. The van der Waals surface area contributed by atoms with E-state index in [1.54, 1.807) is 47.7 Å². The van der Waals surface area contributed by atoms with Gasteiger partial charge in [-0.2, -0.15) is 0 Å². The summed E-state index contributed by atoms with van der Waals surface area (Å²) in [7, 11) is 0. The molecular weight excluding hydrogens is 370 g/mol. The first-order valence-electron chi connectivity index (χ1n) is 8.98. The summed E-state index contributed by atoms with van der Waals surface area (Å²) in [5.74, 6) is -0.341. The Morgan fingerprint density at radius 2 is 1.46 bits per heavy atom. The molecule has 0 fully saturated rings. The Kier molecular flexibility index (Phi) is 5.61. The molecule has 0 radical (unpaired) electrons. The van der Waals surface area contributed by atoms with Gasteiger partial charge in [0.25, 0.3) is 11.8 Å². The normalized spacial score (nSPS) is 11.1. The second kappa shape index (κ2) is 7.94. The predicted molar refractivity (Wildman–Crippen MR) is 114 cm³/mol. The minimum Gasteiger partial charge on any atom is -0.347 e. The molecule has 144 valence electrons. The summed E-state index contributed by atoms with van der Waals surface area (Å²) in [6.45, 7) is 7.75. The van der Waals surface area contributed by atoms with Gasteiger partial charge in [-0.1, -0.05) is 12.1 Å². The van der Waals surface area contributed by atoms with Gasteiger partial charge in [-0.3, -0.25) is 9.59 Å². The van der Waals surface area contributed by atoms with Crippen molar-refractivity contribution in [3.8, 4) is 10.6 Å². The van der Waals surface area contributed by atoms with Crippen LogP contribution < -0.4 is 10.6 Å². The van der Waals surface area contributed by atoms with E-state index in [0.717, 1.165) is 16.3 Å². The van der Waals surface area contributed by atoms with Gasteiger partial charge >= 0.3 is 0 Å². The van der Waals surface area contributed by atoms with Crippen LogP contribution in [0.25, 0.3) is 10.6 Å². The molecular formula is C22H23N3O2S. The Balaban J connectivity index is 1.65. The van der Waals surface area contributed by atoms with E-state index in [-0.39, 0.29) is 17.4 Å². The van der Waals surface area contributed by atoms with Gasteiger partial charge in [-0.25, -0.2) is 4.98 Å². The maximum Gasteiger partial charge on any atom is 0.255 e. The van der Waals surface area contributed by atoms with Gasteiger partial charge in [0, 0.05) is 39.0 Å². The average Bonchev–Trinajstić information content (AvgIpc) is 3.07. The van der Waals surface area contributed by atoms with Crippen molar-refractivity contribution < 1.29 is 9.59 Å². The average molecular weight is 394 g/mol. The van der Waals surface area contributed by atoms with Crippen molar-refractivity contribution in [1.29, 1.82) is 0 Å². The number of anilines is 1. The second-order valence-corrected chi connectivity index (χ2v) is 8.47. The number of carbonyl (C=O) groups is 2. The summed E-state index contributed by atoms with van der Waals surface area (Å²) in [5.41, 5.74) is 3.43. The van der Waals surface area contributed by atoms with Crippen LogP contribution in [0.4, 0.5) is 5.69 Å². The van der Waals surface area contributed by atoms with Crippen LogP contribution in [0.15, 0.2) is 53.9 Å². The van der Waals surface area contributed by atoms with Gasteiger partial charge in [-0.05, 0) is 64.1 Å². The van der Waals surface area contributed by atoms with Crippen molar-refractivity contribution in [2.75, 3.05) is 5.32 Å². The Morgan fingerprint density at radius 3 is 2.00 bits per heavy atom. The fourth-order valence-corrected chi connectivity index (χ4v) is 3.38. The number of hydrogen-bond acceptors (Lipinski definition) is 4. The van der Waals surface area contributed by atoms with Gasteiger partial charge in [0.15, 0.2) is 0 Å². The fourth-order valence-electron chi connectivity index (χ4n) is 2.57. The van der Waals surface area contributed by atoms with Crippen LogP contribution in [-0.4, -0.2) is 22.3 Å². The molecule has 0 spiro atoms. The molecule has 0 aliphatic heterocycles. The lowest BCUT2D eigenvalue weighted by Crippen LogP contribution is -2.40. The Hall–Kier alpha value is -2.99. The first-order chi connectivity index (χ1) is 13.2. The fraction of sp³-hybridized carbons (Fsp3) is 0.227. The van der Waals surface area contributed by atoms with Gasteiger partial charge in [0.05, 0.1) is 0 Å². The molecule has 0 aliphatic carbocycles. The minimum absolute atomic E-state index is 0.140. The van der Waals surface area contributed by atoms with Crippen molar-refractivity contribution in [3.05, 3.63) is 70.7 Å². The summed E-state index contributed by atoms with van der Waals surface area (Å²) in [4.78, 5) is 29.1. The summed E-state index contributed by atoms with van der Waals surface area (Å²) < 4.78 is 0. The third kappa shape index (κ3) is 5.04. The van der Waals surface area contributed by atoms with E-state index in [2.05, 4.69) is 15.6 Å². The zero-order valence-corrected chi connectivity index (χ0v) is 17.2. The Bertz CT molecular complexity index is 984. The van der Waals surface area contributed by atoms with E-state index in [4.69, 9.17) is 0 Å². The van der Waals surface area contributed by atoms with E-state index >= 15 is 0 Å². The standard InChI is InChI=1S/C22H23N3O2S/c1-14-13-28-21(23-14)17-7-5-15(6-8-17)19(26)24-18-11-9-16(10-12-18)20(27)25-22(2,3)4/h5-13H,1-4H3,(H,24,26)(H,25,27). The smallest absolute Gasteiger partial charge is 0.255 e. The minimum atomic E-state index is -0.298. The number of carbonyl (C=O) groups excluding carboxylic acids is 2. The molecule has 1 aromatic heterocycles. The molecule has 2 amide bonds. The van der Waals surface area contributed by atoms with Crippen molar-refractivity contribution in [3.63, 3.8) is 0 Å². The molecule has 0 unspecified atom stereocenters. The first-order valence-corrected chi connectivity index (χ1v) is 9.86. The van der Waals surface area contributed by atoms with Crippen LogP contribution in [0.2, 0.25) is 0 Å². The number of nitrogens with one attached hydrogen (secondary N) is 2. The topological polar surface area (TPSA) is 71.1 Å². The van der Waals surface area contributed by atoms with E-state index in [9.17, 15) is 9.59 Å². The molecule has 0 saturated heterocycles. The molecule has 2 aromatic carbocycles. The SMILES string of the molecule is Cc1csc(-c2ccc(C(=O)Nc3ccc(C(=O)NC(C)(C)C)cc3)cc2)n1. The molecule has 0 atom stereocenters. The maximum atomic E-state index is 12.5. The highest BCUT2D eigenvalue weighted by Gasteiger charge is 2.15. The number of aromatic nitrogens is 1. The van der Waals surface area contributed by atoms with Crippen molar-refractivity contribution >= 4 is 28.8 Å². The number of aryl methyl sites for hydroxylation is 1. The Morgan fingerprint density at radius 1 is 0.893 bits per heavy atom. The number of amides is 2. The number of rotatable bonds is 4. The van der Waals surface area contributed by atoms with Gasteiger partial charge < -0.3 is 10.6 Å². The molecule has 28 heavy (non-hydrogen) atoms. The van der Waals surface area contributed by atoms with Crippen LogP contribution in [0.3, 0.4) is 0 Å². The van der Waals surface area contributed by atoms with Crippen LogP contribution in [-0.2, 0) is 0 Å². The van der Waals surface area contributed by atoms with Crippen LogP contribution in [0.1, 0.15) is 47.2 Å². The maximum absolute atomic E-state index is 12.5. The van der Waals surface area contributed by atoms with E-state index in [1.807, 2.05) is 45.2 Å². The predicted octanol–water partition coefficient (Wildman–Crippen LogP) is 4.90. The van der Waals surface area contributed by atoms with Gasteiger partial charge in [-0.15, -0.1) is 11.3 Å². The second-order valence-electron chi connectivity index (χ2n) is 7.61. The molecule has 6 heteroatoms. The highest BCUT2D eigenvalue weighted by atomic mass is 32.1. The summed E-state index contributed by atoms with van der Waals surface area (Å²) >= 11 is 1.58. The number of benzene rings is 2. The molecule has 1 heterocycles. The monoisotopic (exact) mass is 393 g/mol. The van der Waals surface area contributed by atoms with E-state index < -0.39 is 0 Å². The zero-order chi connectivity index (χ0) is 20.3. The van der Waals surface area contributed by atoms with Crippen LogP contribution >= 0.6 is 11.3 Å². The lowest BCUT2D eigenvalue weighted by atomic mass is 10.1. The number of nitrogens with zero attached hydrogens (tertiary/aromatic N) is 1. The van der Waals surface area contributed by atoms with Crippen LogP contribution in [0, 0.1) is 6.92 Å². The molecule has 5 nitrogen and oxygen atoms in total. The number of thiazole rings is 1. The molecule has 0 bridgehead atoms. The quantitative estimate of drug-likeness (QED) is 0.662. The summed E-state index contributed by atoms with van der Waals surface area (Å²) in [6.07, 6.45) is 0. The number of hydrogen-bond donors (Lipinski definition) is 2. The molecule has 0 saturated carbocycles. The molecule has 2 N–H and O–H groups in total. The van der Waals surface area contributed by atoms with E-state index in [1.165, 1.54) is 0 Å². The van der Waals surface area contributed by atoms with Crippen LogP contribution in [0.5, 0.6) is 0 Å². The lowest BCUT2D eigenvalue weighted by molar-refractivity contribution is 0.0919. The largest absolute Gasteiger partial charge is 0.347 e. The van der Waals surface area contributed by atoms with Crippen molar-refractivity contribution in [2.45, 2.75) is 33.2 Å². The molecule has 0 aliphatic rings.